The molecular weight excluding hydrogens is 324 g/mol. The van der Waals surface area contributed by atoms with E-state index in [0.29, 0.717) is 16.4 Å². The van der Waals surface area contributed by atoms with Gasteiger partial charge in [-0.1, -0.05) is 42.0 Å². The quantitative estimate of drug-likeness (QED) is 0.423. The Balaban J connectivity index is 1.70. The third-order valence-corrected chi connectivity index (χ3v) is 4.06. The molecule has 0 amide bonds. The average Bonchev–Trinajstić information content (AvgIpc) is 3.06. The van der Waals surface area contributed by atoms with Crippen LogP contribution >= 0.6 is 11.3 Å². The highest BCUT2D eigenvalue weighted by Crippen LogP contribution is 2.27. The minimum absolute atomic E-state index is 0.0485. The Kier molecular flexibility index (Phi) is 4.62. The summed E-state index contributed by atoms with van der Waals surface area (Å²) in [5.74, 6) is 0. The van der Waals surface area contributed by atoms with Crippen molar-refractivity contribution >= 4 is 28.4 Å². The second kappa shape index (κ2) is 7.01. The minimum Gasteiger partial charge on any atom is -0.258 e. The highest BCUT2D eigenvalue weighted by atomic mass is 32.1. The summed E-state index contributed by atoms with van der Waals surface area (Å²) in [6, 6.07) is 14.4. The van der Waals surface area contributed by atoms with Crippen molar-refractivity contribution in [3.63, 3.8) is 0 Å². The molecule has 2 aromatic carbocycles. The number of anilines is 1. The second-order valence-electron chi connectivity index (χ2n) is 5.13. The van der Waals surface area contributed by atoms with Crippen LogP contribution in [0.1, 0.15) is 11.1 Å². The largest absolute Gasteiger partial charge is 0.270 e. The van der Waals surface area contributed by atoms with Crippen LogP contribution in [0.15, 0.2) is 59.0 Å². The number of aryl methyl sites for hydroxylation is 1. The van der Waals surface area contributed by atoms with Crippen LogP contribution in [0.2, 0.25) is 0 Å². The van der Waals surface area contributed by atoms with Crippen LogP contribution in [-0.2, 0) is 0 Å². The fourth-order valence-corrected chi connectivity index (χ4v) is 2.72. The van der Waals surface area contributed by atoms with Crippen molar-refractivity contribution < 1.29 is 4.92 Å². The number of thiazole rings is 1. The molecule has 7 heteroatoms. The lowest BCUT2D eigenvalue weighted by molar-refractivity contribution is -0.384. The van der Waals surface area contributed by atoms with Gasteiger partial charge < -0.3 is 0 Å². The maximum absolute atomic E-state index is 10.8. The molecule has 120 valence electrons. The normalized spacial score (nSPS) is 10.9. The summed E-state index contributed by atoms with van der Waals surface area (Å²) in [6.07, 6.45) is 1.72. The summed E-state index contributed by atoms with van der Waals surface area (Å²) in [4.78, 5) is 14.8. The summed E-state index contributed by atoms with van der Waals surface area (Å²) < 4.78 is 0. The number of hydrogen-bond donors (Lipinski definition) is 1. The van der Waals surface area contributed by atoms with Crippen LogP contribution < -0.4 is 5.43 Å². The van der Waals surface area contributed by atoms with Crippen LogP contribution in [-0.4, -0.2) is 16.1 Å². The first-order valence-corrected chi connectivity index (χ1v) is 8.06. The first-order chi connectivity index (χ1) is 11.6. The van der Waals surface area contributed by atoms with E-state index in [1.807, 2.05) is 36.6 Å². The van der Waals surface area contributed by atoms with Crippen LogP contribution in [0.25, 0.3) is 11.3 Å². The summed E-state index contributed by atoms with van der Waals surface area (Å²) in [6.45, 7) is 2.03. The van der Waals surface area contributed by atoms with Crippen LogP contribution in [0, 0.1) is 17.0 Å². The number of nitro groups is 1. The van der Waals surface area contributed by atoms with Crippen molar-refractivity contribution in [2.75, 3.05) is 5.43 Å². The van der Waals surface area contributed by atoms with E-state index in [-0.39, 0.29) is 5.69 Å². The number of aromatic nitrogens is 1. The molecule has 0 radical (unpaired) electrons. The van der Waals surface area contributed by atoms with Crippen molar-refractivity contribution in [2.45, 2.75) is 6.92 Å². The summed E-state index contributed by atoms with van der Waals surface area (Å²) in [7, 11) is 0. The van der Waals surface area contributed by atoms with Crippen molar-refractivity contribution in [3.8, 4) is 11.3 Å². The molecule has 0 aliphatic carbocycles. The van der Waals surface area contributed by atoms with E-state index < -0.39 is 4.92 Å². The van der Waals surface area contributed by atoms with E-state index in [0.717, 1.165) is 5.56 Å². The Morgan fingerprint density at radius 1 is 1.25 bits per heavy atom. The van der Waals surface area contributed by atoms with Crippen molar-refractivity contribution in [1.82, 2.24) is 4.98 Å². The third-order valence-electron chi connectivity index (χ3n) is 3.31. The van der Waals surface area contributed by atoms with E-state index in [4.69, 9.17) is 0 Å². The Bertz CT molecular complexity index is 888. The van der Waals surface area contributed by atoms with E-state index in [1.165, 1.54) is 29.0 Å². The first-order valence-electron chi connectivity index (χ1n) is 7.18. The molecule has 0 fully saturated rings. The lowest BCUT2D eigenvalue weighted by atomic mass is 10.1. The molecule has 0 bridgehead atoms. The molecule has 0 aliphatic heterocycles. The van der Waals surface area contributed by atoms with Crippen molar-refractivity contribution in [2.24, 2.45) is 5.10 Å². The van der Waals surface area contributed by atoms with Crippen LogP contribution in [0.3, 0.4) is 0 Å². The number of rotatable bonds is 5. The van der Waals surface area contributed by atoms with Crippen LogP contribution in [0.5, 0.6) is 0 Å². The number of non-ortho nitro benzene ring substituents is 1. The minimum atomic E-state index is -0.416. The van der Waals surface area contributed by atoms with Gasteiger partial charge in [0.15, 0.2) is 0 Å². The standard InChI is InChI=1S/C17H14N4O2S/c1-12-5-7-13(8-6-12)10-18-20-17-19-16(11-24-17)14-3-2-4-15(9-14)21(22)23/h2-11H,1H3,(H,19,20)/b18-10+. The van der Waals surface area contributed by atoms with Crippen molar-refractivity contribution in [1.29, 1.82) is 0 Å². The van der Waals surface area contributed by atoms with E-state index >= 15 is 0 Å². The number of hydrazone groups is 1. The molecule has 1 heterocycles. The highest BCUT2D eigenvalue weighted by molar-refractivity contribution is 7.14. The number of benzene rings is 2. The fourth-order valence-electron chi connectivity index (χ4n) is 2.05. The number of hydrogen-bond acceptors (Lipinski definition) is 6. The molecule has 0 atom stereocenters. The Morgan fingerprint density at radius 2 is 2.04 bits per heavy atom. The van der Waals surface area contributed by atoms with Gasteiger partial charge in [0.25, 0.3) is 5.69 Å². The molecular formula is C17H14N4O2S. The maximum Gasteiger partial charge on any atom is 0.270 e. The number of nitrogens with zero attached hydrogens (tertiary/aromatic N) is 3. The predicted octanol–water partition coefficient (Wildman–Crippen LogP) is 4.47. The molecule has 6 nitrogen and oxygen atoms in total. The van der Waals surface area contributed by atoms with Gasteiger partial charge in [-0.05, 0) is 12.5 Å². The molecule has 3 rings (SSSR count). The Morgan fingerprint density at radius 3 is 2.79 bits per heavy atom. The molecule has 1 aromatic heterocycles. The van der Waals surface area contributed by atoms with Gasteiger partial charge in [0, 0.05) is 23.1 Å². The van der Waals surface area contributed by atoms with Gasteiger partial charge in [-0.2, -0.15) is 5.10 Å². The second-order valence-corrected chi connectivity index (χ2v) is 5.98. The highest BCUT2D eigenvalue weighted by Gasteiger charge is 2.09. The monoisotopic (exact) mass is 338 g/mol. The van der Waals surface area contributed by atoms with Gasteiger partial charge in [-0.25, -0.2) is 4.98 Å². The Labute approximate surface area is 142 Å². The molecule has 1 N–H and O–H groups in total. The fraction of sp³-hybridized carbons (Fsp3) is 0.0588. The van der Waals surface area contributed by atoms with Crippen LogP contribution in [0.4, 0.5) is 10.8 Å². The zero-order valence-corrected chi connectivity index (χ0v) is 13.7. The molecule has 3 aromatic rings. The Hall–Kier alpha value is -3.06. The lowest BCUT2D eigenvalue weighted by Crippen LogP contribution is -1.91. The molecule has 0 spiro atoms. The van der Waals surface area contributed by atoms with E-state index in [2.05, 4.69) is 15.5 Å². The SMILES string of the molecule is Cc1ccc(/C=N/Nc2nc(-c3cccc([N+](=O)[O-])c3)cs2)cc1. The smallest absolute Gasteiger partial charge is 0.258 e. The predicted molar refractivity (Wildman–Crippen MR) is 96.6 cm³/mol. The summed E-state index contributed by atoms with van der Waals surface area (Å²) in [5.41, 5.74) is 6.49. The summed E-state index contributed by atoms with van der Waals surface area (Å²) >= 11 is 1.39. The van der Waals surface area contributed by atoms with Gasteiger partial charge in [-0.3, -0.25) is 15.5 Å². The average molecular weight is 338 g/mol. The van der Waals surface area contributed by atoms with E-state index in [9.17, 15) is 10.1 Å². The maximum atomic E-state index is 10.8. The van der Waals surface area contributed by atoms with Gasteiger partial charge in [0.1, 0.15) is 0 Å². The molecule has 0 saturated carbocycles. The zero-order valence-electron chi connectivity index (χ0n) is 12.8. The van der Waals surface area contributed by atoms with Gasteiger partial charge in [0.2, 0.25) is 5.13 Å². The van der Waals surface area contributed by atoms with Gasteiger partial charge >= 0.3 is 0 Å². The molecule has 24 heavy (non-hydrogen) atoms. The number of nitro benzene ring substituents is 1. The summed E-state index contributed by atoms with van der Waals surface area (Å²) in [5, 5.41) is 17.5. The van der Waals surface area contributed by atoms with E-state index in [1.54, 1.807) is 18.3 Å². The van der Waals surface area contributed by atoms with Crippen molar-refractivity contribution in [3.05, 3.63) is 75.2 Å². The topological polar surface area (TPSA) is 80.4 Å². The molecule has 0 saturated heterocycles. The first kappa shape index (κ1) is 15.8. The molecule has 0 aliphatic rings. The van der Waals surface area contributed by atoms with Gasteiger partial charge in [-0.15, -0.1) is 11.3 Å². The van der Waals surface area contributed by atoms with Gasteiger partial charge in [0.05, 0.1) is 16.8 Å². The zero-order chi connectivity index (χ0) is 16.9. The molecule has 0 unspecified atom stereocenters. The third kappa shape index (κ3) is 3.82. The number of nitrogens with one attached hydrogen (secondary N) is 1. The lowest BCUT2D eigenvalue weighted by Gasteiger charge is -1.97.